The smallest absolute Gasteiger partial charge is 0.306 e. The minimum absolute atomic E-state index is 0.0173. The zero-order chi connectivity index (χ0) is 35.0. The van der Waals surface area contributed by atoms with Crippen LogP contribution in [0, 0.1) is 0 Å². The molecule has 0 fully saturated rings. The van der Waals surface area contributed by atoms with Crippen molar-refractivity contribution >= 4 is 11.9 Å². The quantitative estimate of drug-likeness (QED) is 0.0410. The molecule has 0 amide bonds. The van der Waals surface area contributed by atoms with Crippen molar-refractivity contribution in [3.63, 3.8) is 0 Å². The van der Waals surface area contributed by atoms with Crippen molar-refractivity contribution < 1.29 is 19.4 Å². The van der Waals surface area contributed by atoms with E-state index in [-0.39, 0.29) is 18.5 Å². The molecule has 1 N–H and O–H groups in total. The Kier molecular flexibility index (Phi) is 37.2. The van der Waals surface area contributed by atoms with E-state index in [0.29, 0.717) is 12.8 Å². The Morgan fingerprint density at radius 3 is 1.35 bits per heavy atom. The Hall–Kier alpha value is -2.36. The van der Waals surface area contributed by atoms with Gasteiger partial charge >= 0.3 is 11.9 Å². The van der Waals surface area contributed by atoms with Gasteiger partial charge in [0.2, 0.25) is 0 Å². The maximum absolute atomic E-state index is 12.6. The molecule has 0 rings (SSSR count). The van der Waals surface area contributed by atoms with Crippen LogP contribution >= 0.6 is 0 Å². The Bertz CT molecular complexity index is 850. The first kappa shape index (κ1) is 45.6. The van der Waals surface area contributed by atoms with Crippen LogP contribution in [0.4, 0.5) is 0 Å². The lowest BCUT2D eigenvalue weighted by atomic mass is 10.0. The van der Waals surface area contributed by atoms with Gasteiger partial charge in [-0.1, -0.05) is 164 Å². The van der Waals surface area contributed by atoms with Crippen LogP contribution in [0.15, 0.2) is 60.8 Å². The predicted molar refractivity (Wildman–Crippen MR) is 208 cm³/mol. The molecule has 0 radical (unpaired) electrons. The summed E-state index contributed by atoms with van der Waals surface area (Å²) in [6, 6.07) is 0. The van der Waals surface area contributed by atoms with Crippen molar-refractivity contribution in [3.8, 4) is 0 Å². The number of hydrogen-bond donors (Lipinski definition) is 1. The molecule has 48 heavy (non-hydrogen) atoms. The first-order valence-electron chi connectivity index (χ1n) is 20.3. The average molecular weight is 669 g/mol. The zero-order valence-electron chi connectivity index (χ0n) is 31.5. The summed E-state index contributed by atoms with van der Waals surface area (Å²) < 4.78 is 5.93. The van der Waals surface area contributed by atoms with Crippen LogP contribution in [-0.2, 0) is 14.3 Å². The minimum atomic E-state index is -0.730. The fourth-order valence-corrected chi connectivity index (χ4v) is 5.80. The van der Waals surface area contributed by atoms with Gasteiger partial charge in [-0.3, -0.25) is 9.59 Å². The number of hydrogen-bond acceptors (Lipinski definition) is 3. The summed E-state index contributed by atoms with van der Waals surface area (Å²) in [5, 5.41) is 8.90. The van der Waals surface area contributed by atoms with Crippen LogP contribution in [0.1, 0.15) is 200 Å². The van der Waals surface area contributed by atoms with Crippen LogP contribution in [0.3, 0.4) is 0 Å². The fraction of sp³-hybridized carbons (Fsp3) is 0.727. The van der Waals surface area contributed by atoms with Crippen LogP contribution in [0.2, 0.25) is 0 Å². The SMILES string of the molecule is CC/C=C\C/C=C\C/C=C\C/C=C\C/C=C\CCCCCC(=O)OC(CCCCCCCCCCCCCCC)CCCCCC(=O)O. The number of allylic oxidation sites excluding steroid dienone is 10. The number of aliphatic carboxylic acids is 1. The Morgan fingerprint density at radius 2 is 0.875 bits per heavy atom. The standard InChI is InChI=1S/C44H76O4/c1-3-5-7-9-11-13-15-17-18-19-20-21-22-24-26-28-30-32-37-41-44(47)48-42(39-35-33-36-40-43(45)46)38-34-31-29-27-25-23-16-14-12-10-8-6-4-2/h5,7,11,13,17-18,20-21,24,26,42H,3-4,6,8-10,12,14-16,19,22-23,25,27-41H2,1-2H3,(H,45,46)/b7-5-,13-11-,18-17-,21-20-,26-24-. The molecule has 0 aromatic carbocycles. The van der Waals surface area contributed by atoms with Crippen LogP contribution in [-0.4, -0.2) is 23.1 Å². The summed E-state index contributed by atoms with van der Waals surface area (Å²) in [5.74, 6) is -0.790. The largest absolute Gasteiger partial charge is 0.481 e. The zero-order valence-corrected chi connectivity index (χ0v) is 31.5. The molecule has 0 saturated carbocycles. The summed E-state index contributed by atoms with van der Waals surface area (Å²) in [5.41, 5.74) is 0. The van der Waals surface area contributed by atoms with E-state index >= 15 is 0 Å². The molecular formula is C44H76O4. The Balaban J connectivity index is 4.02. The van der Waals surface area contributed by atoms with Gasteiger partial charge in [-0.05, 0) is 83.5 Å². The second kappa shape index (κ2) is 39.1. The molecule has 1 unspecified atom stereocenters. The third kappa shape index (κ3) is 38.1. The van der Waals surface area contributed by atoms with Crippen molar-refractivity contribution in [1.82, 2.24) is 0 Å². The van der Waals surface area contributed by atoms with Crippen molar-refractivity contribution in [2.75, 3.05) is 0 Å². The van der Waals surface area contributed by atoms with E-state index in [0.717, 1.165) is 89.9 Å². The van der Waals surface area contributed by atoms with Gasteiger partial charge in [0, 0.05) is 12.8 Å². The molecule has 1 atom stereocenters. The van der Waals surface area contributed by atoms with Crippen LogP contribution in [0.5, 0.6) is 0 Å². The minimum Gasteiger partial charge on any atom is -0.481 e. The molecule has 0 bridgehead atoms. The van der Waals surface area contributed by atoms with Crippen LogP contribution < -0.4 is 0 Å². The number of rotatable bonds is 36. The van der Waals surface area contributed by atoms with Gasteiger partial charge in [-0.2, -0.15) is 0 Å². The van der Waals surface area contributed by atoms with Crippen molar-refractivity contribution in [1.29, 1.82) is 0 Å². The third-order valence-corrected chi connectivity index (χ3v) is 8.75. The average Bonchev–Trinajstić information content (AvgIpc) is 3.07. The van der Waals surface area contributed by atoms with E-state index < -0.39 is 5.97 Å². The molecule has 0 aromatic rings. The maximum atomic E-state index is 12.6. The second-order valence-corrected chi connectivity index (χ2v) is 13.4. The van der Waals surface area contributed by atoms with Crippen molar-refractivity contribution in [2.24, 2.45) is 0 Å². The number of carbonyl (C=O) groups is 2. The van der Waals surface area contributed by atoms with E-state index in [2.05, 4.69) is 74.6 Å². The summed E-state index contributed by atoms with van der Waals surface area (Å²) in [6.45, 7) is 4.43. The molecule has 0 aromatic heterocycles. The van der Waals surface area contributed by atoms with Gasteiger partial charge in [-0.15, -0.1) is 0 Å². The molecule has 0 aliphatic rings. The number of carbonyl (C=O) groups excluding carboxylic acids is 1. The lowest BCUT2D eigenvalue weighted by Gasteiger charge is -2.18. The molecule has 0 saturated heterocycles. The molecule has 0 aliphatic carbocycles. The summed E-state index contributed by atoms with van der Waals surface area (Å²) >= 11 is 0. The molecule has 4 heteroatoms. The second-order valence-electron chi connectivity index (χ2n) is 13.4. The van der Waals surface area contributed by atoms with E-state index in [9.17, 15) is 9.59 Å². The molecule has 4 nitrogen and oxygen atoms in total. The first-order chi connectivity index (χ1) is 23.6. The number of esters is 1. The van der Waals surface area contributed by atoms with E-state index in [4.69, 9.17) is 9.84 Å². The van der Waals surface area contributed by atoms with Crippen LogP contribution in [0.25, 0.3) is 0 Å². The number of unbranched alkanes of at least 4 members (excludes halogenated alkanes) is 17. The van der Waals surface area contributed by atoms with Crippen molar-refractivity contribution in [3.05, 3.63) is 60.8 Å². The van der Waals surface area contributed by atoms with Gasteiger partial charge in [-0.25, -0.2) is 0 Å². The van der Waals surface area contributed by atoms with Gasteiger partial charge in [0.1, 0.15) is 6.10 Å². The summed E-state index contributed by atoms with van der Waals surface area (Å²) in [4.78, 5) is 23.4. The monoisotopic (exact) mass is 669 g/mol. The van der Waals surface area contributed by atoms with E-state index in [1.165, 1.54) is 77.0 Å². The highest BCUT2D eigenvalue weighted by Gasteiger charge is 2.14. The lowest BCUT2D eigenvalue weighted by Crippen LogP contribution is -2.18. The Labute approximate surface area is 297 Å². The van der Waals surface area contributed by atoms with E-state index in [1.54, 1.807) is 0 Å². The fourth-order valence-electron chi connectivity index (χ4n) is 5.80. The number of ether oxygens (including phenoxy) is 1. The summed E-state index contributed by atoms with van der Waals surface area (Å²) in [6.07, 6.45) is 53.8. The molecule has 276 valence electrons. The normalized spacial score (nSPS) is 12.9. The highest BCUT2D eigenvalue weighted by molar-refractivity contribution is 5.69. The lowest BCUT2D eigenvalue weighted by molar-refractivity contribution is -0.150. The highest BCUT2D eigenvalue weighted by atomic mass is 16.5. The molecule has 0 aliphatic heterocycles. The highest BCUT2D eigenvalue weighted by Crippen LogP contribution is 2.18. The van der Waals surface area contributed by atoms with Gasteiger partial charge < -0.3 is 9.84 Å². The molecule has 0 heterocycles. The number of carboxylic acid groups (broad SMARTS) is 1. The third-order valence-electron chi connectivity index (χ3n) is 8.75. The van der Waals surface area contributed by atoms with Gasteiger partial charge in [0.25, 0.3) is 0 Å². The first-order valence-corrected chi connectivity index (χ1v) is 20.3. The molecular weight excluding hydrogens is 592 g/mol. The van der Waals surface area contributed by atoms with Gasteiger partial charge in [0.05, 0.1) is 0 Å². The predicted octanol–water partition coefficient (Wildman–Crippen LogP) is 14.1. The molecule has 0 spiro atoms. The topological polar surface area (TPSA) is 63.6 Å². The Morgan fingerprint density at radius 1 is 0.479 bits per heavy atom. The number of carboxylic acids is 1. The van der Waals surface area contributed by atoms with E-state index in [1.807, 2.05) is 0 Å². The van der Waals surface area contributed by atoms with Crippen molar-refractivity contribution in [2.45, 2.75) is 206 Å². The van der Waals surface area contributed by atoms with Gasteiger partial charge in [0.15, 0.2) is 0 Å². The summed E-state index contributed by atoms with van der Waals surface area (Å²) in [7, 11) is 0. The maximum Gasteiger partial charge on any atom is 0.306 e.